The number of aryl methyl sites for hydroxylation is 2. The Morgan fingerprint density at radius 3 is 1.03 bits per heavy atom. The van der Waals surface area contributed by atoms with Crippen LogP contribution in [0.2, 0.25) is 10.8 Å². The second-order valence-corrected chi connectivity index (χ2v) is 21.5. The number of allylic oxidation sites excluding steroid dienone is 2. The molecule has 0 N–H and O–H groups in total. The van der Waals surface area contributed by atoms with Crippen LogP contribution >= 0.6 is 0 Å². The topological polar surface area (TPSA) is 25.3 Å². The predicted octanol–water partition coefficient (Wildman–Crippen LogP) is 22.0. The molecule has 1 aliphatic rings. The summed E-state index contributed by atoms with van der Waals surface area (Å²) in [7, 11) is 0. The van der Waals surface area contributed by atoms with Gasteiger partial charge in [-0.1, -0.05) is 257 Å². The molecule has 2 aromatic rings. The van der Waals surface area contributed by atoms with Crippen LogP contribution in [0.5, 0.6) is 0 Å². The molecule has 0 amide bonds. The van der Waals surface area contributed by atoms with Crippen LogP contribution in [0.25, 0.3) is 16.9 Å². The summed E-state index contributed by atoms with van der Waals surface area (Å²) in [5, 5.41) is 2.56. The minimum absolute atomic E-state index is 0.930. The number of benzene rings is 2. The van der Waals surface area contributed by atoms with Crippen molar-refractivity contribution >= 4 is 11.4 Å². The first-order valence-corrected chi connectivity index (χ1v) is 30.1. The number of unbranched alkanes of at least 4 members (excludes halogenated alkanes) is 33. The molecule has 0 aromatic heterocycles. The molecule has 0 saturated heterocycles. The van der Waals surface area contributed by atoms with Crippen molar-refractivity contribution in [2.24, 2.45) is 0 Å². The van der Waals surface area contributed by atoms with Crippen molar-refractivity contribution in [3.05, 3.63) is 88.0 Å². The van der Waals surface area contributed by atoms with Gasteiger partial charge in [0.25, 0.3) is 0 Å². The van der Waals surface area contributed by atoms with Crippen LogP contribution in [0, 0.1) is 0 Å². The SMILES string of the molecule is CCCCCCCCCCCCCCCCCCCc1cccc(C2=CC(CCCC)=C(c3cccc(CCCCCCCCCCCCCCCCCCC)c3)[N+]2=[N-])c1.C[CH2][Ni][CH2]C. The van der Waals surface area contributed by atoms with Crippen LogP contribution in [0.15, 0.2) is 60.2 Å². The van der Waals surface area contributed by atoms with Crippen molar-refractivity contribution < 1.29 is 19.1 Å². The van der Waals surface area contributed by atoms with E-state index < -0.39 is 0 Å². The fourth-order valence-corrected chi connectivity index (χ4v) is 10.1. The first-order chi connectivity index (χ1) is 32.1. The van der Waals surface area contributed by atoms with Crippen LogP contribution in [0.3, 0.4) is 0 Å². The summed E-state index contributed by atoms with van der Waals surface area (Å²) in [6, 6.07) is 18.0. The molecule has 2 aromatic carbocycles. The van der Waals surface area contributed by atoms with Gasteiger partial charge in [0.15, 0.2) is 0 Å². The molecule has 3 heteroatoms. The molecule has 374 valence electrons. The first-order valence-electron chi connectivity index (χ1n) is 28.7. The molecule has 0 spiro atoms. The third-order valence-electron chi connectivity index (χ3n) is 13.7. The molecule has 0 radical (unpaired) electrons. The Labute approximate surface area is 412 Å². The monoisotopic (exact) mass is 937 g/mol. The molecule has 0 aliphatic carbocycles. The van der Waals surface area contributed by atoms with Crippen LogP contribution in [0.1, 0.15) is 294 Å². The van der Waals surface area contributed by atoms with E-state index in [9.17, 15) is 5.53 Å². The van der Waals surface area contributed by atoms with E-state index in [1.807, 2.05) is 14.4 Å². The Morgan fingerprint density at radius 1 is 0.369 bits per heavy atom. The van der Waals surface area contributed by atoms with Gasteiger partial charge < -0.3 is 5.53 Å². The van der Waals surface area contributed by atoms with Crippen molar-refractivity contribution in [1.29, 1.82) is 0 Å². The van der Waals surface area contributed by atoms with Crippen LogP contribution in [-0.2, 0) is 27.3 Å². The summed E-state index contributed by atoms with van der Waals surface area (Å²) in [6.45, 7) is 11.2. The number of rotatable bonds is 43. The molecule has 2 nitrogen and oxygen atoms in total. The molecule has 65 heavy (non-hydrogen) atoms. The van der Waals surface area contributed by atoms with Crippen molar-refractivity contribution in [2.45, 2.75) is 296 Å². The van der Waals surface area contributed by atoms with Crippen molar-refractivity contribution in [3.8, 4) is 0 Å². The average molecular weight is 938 g/mol. The zero-order valence-corrected chi connectivity index (χ0v) is 44.9. The normalized spacial score (nSPS) is 12.6. The molecule has 1 aliphatic heterocycles. The van der Waals surface area contributed by atoms with Gasteiger partial charge in [-0.15, -0.1) is 0 Å². The van der Waals surface area contributed by atoms with Gasteiger partial charge in [0, 0.05) is 22.8 Å². The van der Waals surface area contributed by atoms with E-state index in [1.165, 1.54) is 250 Å². The van der Waals surface area contributed by atoms with E-state index in [4.69, 9.17) is 0 Å². The van der Waals surface area contributed by atoms with E-state index in [-0.39, 0.29) is 0 Å². The molecule has 0 atom stereocenters. The zero-order chi connectivity index (χ0) is 46.7. The van der Waals surface area contributed by atoms with E-state index in [0.29, 0.717) is 0 Å². The standard InChI is InChI=1S/C58H96N2.2C2H5.Ni/c1-4-7-10-12-14-16-18-20-22-24-26-28-30-32-34-36-38-42-52-44-40-47-54(49-52)57-51-56(46-9-6-3)58(60(57)59)55-48-41-45-53(50-55)43-39-37-35-33-31-29-27-25-23-21-19-17-15-13-11-8-5-2;2*1-2;/h40-41,44-45,47-51H,4-39,42-43,46H2,1-3H3;2*1H2,2H3;. The summed E-state index contributed by atoms with van der Waals surface area (Å²) >= 11 is 1.82. The van der Waals surface area contributed by atoms with Gasteiger partial charge in [0.2, 0.25) is 11.4 Å². The number of nitrogens with zero attached hydrogens (tertiary/aromatic N) is 2. The van der Waals surface area contributed by atoms with Crippen molar-refractivity contribution in [3.63, 3.8) is 0 Å². The van der Waals surface area contributed by atoms with Gasteiger partial charge in [-0.3, -0.25) is 0 Å². The van der Waals surface area contributed by atoms with Gasteiger partial charge >= 0.3 is 39.1 Å². The maximum absolute atomic E-state index is 11.8. The second kappa shape index (κ2) is 43.3. The Balaban J connectivity index is 0.00000274. The Morgan fingerprint density at radius 2 is 0.692 bits per heavy atom. The van der Waals surface area contributed by atoms with Gasteiger partial charge in [0.05, 0.1) is 0 Å². The Bertz CT molecular complexity index is 1470. The quantitative estimate of drug-likeness (QED) is 0.0360. The third-order valence-corrected chi connectivity index (χ3v) is 14.7. The van der Waals surface area contributed by atoms with E-state index in [1.54, 1.807) is 0 Å². The molecule has 0 saturated carbocycles. The molecule has 3 rings (SSSR count). The second-order valence-electron chi connectivity index (χ2n) is 19.6. The summed E-state index contributed by atoms with van der Waals surface area (Å²) < 4.78 is 1.51. The average Bonchev–Trinajstić information content (AvgIpc) is 3.66. The minimum atomic E-state index is 0.930. The molecule has 0 unspecified atom stereocenters. The Kier molecular flexibility index (Phi) is 39.4. The molecule has 0 bridgehead atoms. The van der Waals surface area contributed by atoms with Crippen molar-refractivity contribution in [1.82, 2.24) is 0 Å². The van der Waals surface area contributed by atoms with E-state index in [0.717, 1.165) is 54.6 Å². The number of hydrogen-bond donors (Lipinski definition) is 0. The maximum atomic E-state index is 11.8. The molecule has 0 fully saturated rings. The fraction of sp³-hybridized carbons (Fsp3) is 0.742. The van der Waals surface area contributed by atoms with Gasteiger partial charge in [-0.2, -0.15) is 0 Å². The Hall–Kier alpha value is -1.99. The number of hydrogen-bond acceptors (Lipinski definition) is 0. The predicted molar refractivity (Wildman–Crippen MR) is 288 cm³/mol. The van der Waals surface area contributed by atoms with Gasteiger partial charge in [-0.25, -0.2) is 4.70 Å². The summed E-state index contributed by atoms with van der Waals surface area (Å²) in [5.41, 5.74) is 20.0. The van der Waals surface area contributed by atoms with Crippen molar-refractivity contribution in [2.75, 3.05) is 0 Å². The summed E-state index contributed by atoms with van der Waals surface area (Å²) in [6.07, 6.45) is 55.7. The summed E-state index contributed by atoms with van der Waals surface area (Å²) in [4.78, 5) is 0. The molecular weight excluding hydrogens is 831 g/mol. The van der Waals surface area contributed by atoms with Crippen LogP contribution in [-0.4, -0.2) is 4.70 Å². The van der Waals surface area contributed by atoms with Gasteiger partial charge in [-0.05, 0) is 73.9 Å². The third kappa shape index (κ3) is 30.2. The van der Waals surface area contributed by atoms with Crippen LogP contribution in [0.4, 0.5) is 0 Å². The fourth-order valence-electron chi connectivity index (χ4n) is 9.65. The summed E-state index contributed by atoms with van der Waals surface area (Å²) in [5.74, 6) is 0. The van der Waals surface area contributed by atoms with Crippen LogP contribution < -0.4 is 0 Å². The van der Waals surface area contributed by atoms with E-state index in [2.05, 4.69) is 89.2 Å². The first kappa shape index (κ1) is 59.1. The molecular formula is C62H106N2Ni. The molecule has 1 heterocycles. The van der Waals surface area contributed by atoms with E-state index >= 15 is 0 Å². The van der Waals surface area contributed by atoms with Gasteiger partial charge in [0.1, 0.15) is 0 Å². The zero-order valence-electron chi connectivity index (χ0n) is 43.9.